The van der Waals surface area contributed by atoms with Crippen molar-refractivity contribution < 1.29 is 4.79 Å². The van der Waals surface area contributed by atoms with E-state index in [0.717, 1.165) is 5.57 Å². The summed E-state index contributed by atoms with van der Waals surface area (Å²) in [5, 5.41) is 1.31. The van der Waals surface area contributed by atoms with E-state index in [1.165, 1.54) is 11.1 Å². The Bertz CT molecular complexity index is 328. The lowest BCUT2D eigenvalue weighted by atomic mass is 9.86. The van der Waals surface area contributed by atoms with Crippen LogP contribution in [0.2, 0.25) is 0 Å². The van der Waals surface area contributed by atoms with Crippen LogP contribution >= 0.6 is 0 Å². The van der Waals surface area contributed by atoms with Crippen LogP contribution in [0, 0.1) is 5.92 Å². The summed E-state index contributed by atoms with van der Waals surface area (Å²) < 4.78 is 0. The van der Waals surface area contributed by atoms with Crippen molar-refractivity contribution in [2.75, 3.05) is 0 Å². The second-order valence-electron chi connectivity index (χ2n) is 3.42. The third-order valence-corrected chi connectivity index (χ3v) is 2.54. The average molecular weight is 176 g/mol. The number of allylic oxidation sites excluding steroid dienone is 2. The van der Waals surface area contributed by atoms with Gasteiger partial charge in [-0.1, -0.05) is 24.3 Å². The molecule has 2 unspecified atom stereocenters. The molecule has 1 heterocycles. The van der Waals surface area contributed by atoms with Gasteiger partial charge in [0.2, 0.25) is 0 Å². The van der Waals surface area contributed by atoms with Gasteiger partial charge in [-0.2, -0.15) is 0 Å². The topological polar surface area (TPSA) is 46.3 Å². The Morgan fingerprint density at radius 2 is 2.23 bits per heavy atom. The molecule has 2 aliphatic rings. The Kier molecular flexibility index (Phi) is 1.81. The molecule has 0 fully saturated rings. The maximum absolute atomic E-state index is 11.3. The van der Waals surface area contributed by atoms with Crippen LogP contribution in [-0.4, -0.2) is 17.0 Å². The molecule has 3 nitrogen and oxygen atoms in total. The zero-order chi connectivity index (χ0) is 9.42. The minimum atomic E-state index is -0.121. The van der Waals surface area contributed by atoms with Gasteiger partial charge in [-0.05, 0) is 12.5 Å². The van der Waals surface area contributed by atoms with Gasteiger partial charge in [0.15, 0.2) is 0 Å². The molecule has 1 aliphatic carbocycles. The van der Waals surface area contributed by atoms with Crippen LogP contribution in [0.5, 0.6) is 0 Å². The van der Waals surface area contributed by atoms with E-state index in [1.807, 2.05) is 25.2 Å². The lowest BCUT2D eigenvalue weighted by molar-refractivity contribution is -0.129. The molecule has 0 saturated heterocycles. The molecule has 0 aromatic rings. The van der Waals surface area contributed by atoms with Gasteiger partial charge in [-0.3, -0.25) is 9.80 Å². The van der Waals surface area contributed by atoms with E-state index < -0.39 is 0 Å². The van der Waals surface area contributed by atoms with Crippen molar-refractivity contribution in [3.63, 3.8) is 0 Å². The van der Waals surface area contributed by atoms with Crippen molar-refractivity contribution in [2.45, 2.75) is 13.0 Å². The zero-order valence-electron chi connectivity index (χ0n) is 7.47. The van der Waals surface area contributed by atoms with Crippen LogP contribution in [0.25, 0.3) is 0 Å². The summed E-state index contributed by atoms with van der Waals surface area (Å²) in [6.07, 6.45) is 9.49. The molecule has 13 heavy (non-hydrogen) atoms. The van der Waals surface area contributed by atoms with Gasteiger partial charge in [-0.25, -0.2) is 5.84 Å². The highest BCUT2D eigenvalue weighted by atomic mass is 16.2. The van der Waals surface area contributed by atoms with Gasteiger partial charge in [-0.15, -0.1) is 0 Å². The van der Waals surface area contributed by atoms with E-state index in [0.29, 0.717) is 0 Å². The van der Waals surface area contributed by atoms with Gasteiger partial charge in [0.05, 0.1) is 6.04 Å². The highest BCUT2D eigenvalue weighted by Gasteiger charge is 2.31. The third kappa shape index (κ3) is 1.21. The third-order valence-electron chi connectivity index (χ3n) is 2.54. The minimum Gasteiger partial charge on any atom is -0.269 e. The Morgan fingerprint density at radius 1 is 1.46 bits per heavy atom. The molecule has 0 saturated carbocycles. The first kappa shape index (κ1) is 8.26. The number of nitrogens with zero attached hydrogens (tertiary/aromatic N) is 1. The van der Waals surface area contributed by atoms with Gasteiger partial charge in [0.1, 0.15) is 0 Å². The molecule has 68 valence electrons. The van der Waals surface area contributed by atoms with Crippen LogP contribution in [0.15, 0.2) is 36.0 Å². The summed E-state index contributed by atoms with van der Waals surface area (Å²) in [5.74, 6) is 5.80. The van der Waals surface area contributed by atoms with Gasteiger partial charge >= 0.3 is 0 Å². The Balaban J connectivity index is 2.38. The van der Waals surface area contributed by atoms with Gasteiger partial charge in [0, 0.05) is 12.0 Å². The monoisotopic (exact) mass is 176 g/mol. The smallest absolute Gasteiger partial charge is 0.260 e. The summed E-state index contributed by atoms with van der Waals surface area (Å²) in [6.45, 7) is 1.99. The van der Waals surface area contributed by atoms with Crippen LogP contribution in [0.3, 0.4) is 0 Å². The summed E-state index contributed by atoms with van der Waals surface area (Å²) >= 11 is 0. The first-order valence-corrected chi connectivity index (χ1v) is 4.31. The Hall–Kier alpha value is -1.35. The number of hydrogen-bond acceptors (Lipinski definition) is 2. The molecule has 0 spiro atoms. The van der Waals surface area contributed by atoms with E-state index in [1.54, 1.807) is 0 Å². The molecule has 2 rings (SSSR count). The summed E-state index contributed by atoms with van der Waals surface area (Å²) in [5.41, 5.74) is 1.13. The summed E-state index contributed by atoms with van der Waals surface area (Å²) in [4.78, 5) is 11.3. The van der Waals surface area contributed by atoms with Crippen molar-refractivity contribution in [3.8, 4) is 0 Å². The van der Waals surface area contributed by atoms with E-state index in [2.05, 4.69) is 6.08 Å². The number of carbonyl (C=O) groups excluding carboxylic acids is 1. The summed E-state index contributed by atoms with van der Waals surface area (Å²) in [7, 11) is 0. The molecule has 0 aromatic carbocycles. The van der Waals surface area contributed by atoms with Crippen LogP contribution in [0.4, 0.5) is 0 Å². The second-order valence-corrected chi connectivity index (χ2v) is 3.42. The Labute approximate surface area is 77.2 Å². The number of hydrazine groups is 1. The molecule has 1 amide bonds. The molecule has 0 bridgehead atoms. The molecule has 0 radical (unpaired) electrons. The second kappa shape index (κ2) is 2.85. The van der Waals surface area contributed by atoms with Crippen molar-refractivity contribution in [1.82, 2.24) is 5.01 Å². The number of hydrogen-bond donors (Lipinski definition) is 1. The maximum atomic E-state index is 11.3. The quantitative estimate of drug-likeness (QED) is 0.437. The number of carbonyl (C=O) groups is 1. The van der Waals surface area contributed by atoms with E-state index in [-0.39, 0.29) is 17.9 Å². The Morgan fingerprint density at radius 3 is 3.00 bits per heavy atom. The molecule has 3 heteroatoms. The molecule has 0 aromatic heterocycles. The molecule has 1 aliphatic heterocycles. The number of nitrogens with two attached hydrogens (primary N) is 1. The van der Waals surface area contributed by atoms with Crippen LogP contribution < -0.4 is 5.84 Å². The van der Waals surface area contributed by atoms with Crippen molar-refractivity contribution in [3.05, 3.63) is 36.0 Å². The molecule has 2 N–H and O–H groups in total. The predicted octanol–water partition coefficient (Wildman–Crippen LogP) is 0.759. The van der Waals surface area contributed by atoms with Crippen molar-refractivity contribution in [2.24, 2.45) is 11.8 Å². The first-order valence-electron chi connectivity index (χ1n) is 4.31. The van der Waals surface area contributed by atoms with E-state index in [9.17, 15) is 4.79 Å². The largest absolute Gasteiger partial charge is 0.269 e. The zero-order valence-corrected chi connectivity index (χ0v) is 7.47. The molecular formula is C10H12N2O. The normalized spacial score (nSPS) is 31.7. The lowest BCUT2D eigenvalue weighted by Crippen LogP contribution is -2.51. The van der Waals surface area contributed by atoms with Crippen molar-refractivity contribution >= 4 is 5.91 Å². The number of rotatable bonds is 0. The van der Waals surface area contributed by atoms with Crippen molar-refractivity contribution in [1.29, 1.82) is 0 Å². The highest BCUT2D eigenvalue weighted by molar-refractivity contribution is 5.89. The van der Waals surface area contributed by atoms with Crippen LogP contribution in [0.1, 0.15) is 6.92 Å². The number of amides is 1. The van der Waals surface area contributed by atoms with Gasteiger partial charge < -0.3 is 0 Å². The standard InChI is InChI=1S/C10H12N2O/c1-7-3-2-4-8-5-6-9(13)12(11)10(7)8/h2-6,8,10H,11H2,1H3. The first-order chi connectivity index (χ1) is 6.20. The molecular weight excluding hydrogens is 164 g/mol. The SMILES string of the molecule is CC1=CC=CC2C=CC(=O)N(N)C12. The molecule has 2 atom stereocenters. The summed E-state index contributed by atoms with van der Waals surface area (Å²) in [6, 6.07) is 0.0162. The fraction of sp³-hybridized carbons (Fsp3) is 0.300. The lowest BCUT2D eigenvalue weighted by Gasteiger charge is -2.35. The minimum absolute atomic E-state index is 0.0162. The average Bonchev–Trinajstić information content (AvgIpc) is 2.12. The van der Waals surface area contributed by atoms with E-state index >= 15 is 0 Å². The fourth-order valence-corrected chi connectivity index (χ4v) is 1.83. The predicted molar refractivity (Wildman–Crippen MR) is 50.3 cm³/mol. The number of fused-ring (bicyclic) bond motifs is 1. The maximum Gasteiger partial charge on any atom is 0.260 e. The van der Waals surface area contributed by atoms with E-state index in [4.69, 9.17) is 5.84 Å². The fourth-order valence-electron chi connectivity index (χ4n) is 1.83. The van der Waals surface area contributed by atoms with Gasteiger partial charge in [0.25, 0.3) is 5.91 Å². The van der Waals surface area contributed by atoms with Crippen LogP contribution in [-0.2, 0) is 4.79 Å². The highest BCUT2D eigenvalue weighted by Crippen LogP contribution is 2.26.